The minimum Gasteiger partial charge on any atom is -0.508 e. The summed E-state index contributed by atoms with van der Waals surface area (Å²) in [5, 5.41) is 10.1. The van der Waals surface area contributed by atoms with Gasteiger partial charge in [0.1, 0.15) is 23.7 Å². The van der Waals surface area contributed by atoms with Crippen LogP contribution in [-0.2, 0) is 19.5 Å². The molecule has 0 spiro atoms. The molecule has 1 aliphatic rings. The predicted octanol–water partition coefficient (Wildman–Crippen LogP) is 1.50. The number of phenolic OH excluding ortho intramolecular Hbond substituents is 1. The Morgan fingerprint density at radius 3 is 2.89 bits per heavy atom. The highest BCUT2D eigenvalue weighted by molar-refractivity contribution is 5.52. The van der Waals surface area contributed by atoms with Crippen LogP contribution >= 0.6 is 0 Å². The molecule has 0 saturated heterocycles. The predicted molar refractivity (Wildman–Crippen MR) is 98.4 cm³/mol. The van der Waals surface area contributed by atoms with Crippen molar-refractivity contribution in [1.29, 1.82) is 0 Å². The summed E-state index contributed by atoms with van der Waals surface area (Å²) in [7, 11) is 1.59. The van der Waals surface area contributed by atoms with Gasteiger partial charge in [-0.1, -0.05) is 0 Å². The fourth-order valence-corrected chi connectivity index (χ4v) is 3.23. The van der Waals surface area contributed by atoms with E-state index in [4.69, 9.17) is 4.74 Å². The molecule has 138 valence electrons. The Morgan fingerprint density at radius 2 is 2.11 bits per heavy atom. The van der Waals surface area contributed by atoms with Gasteiger partial charge in [0.25, 0.3) is 5.56 Å². The zero-order chi connectivity index (χ0) is 18.8. The molecule has 8 heteroatoms. The van der Waals surface area contributed by atoms with Crippen molar-refractivity contribution >= 4 is 0 Å². The van der Waals surface area contributed by atoms with Crippen LogP contribution in [0.3, 0.4) is 0 Å². The second kappa shape index (κ2) is 7.16. The van der Waals surface area contributed by atoms with Crippen molar-refractivity contribution < 1.29 is 9.84 Å². The third-order valence-electron chi connectivity index (χ3n) is 4.66. The standard InChI is InChI=1S/C19H19N5O3/c1-27-14-2-3-17(25)12(6-14)9-24-5-4-16-15(10-24)19(26)23-18(22-16)13-7-20-11-21-8-13/h2-3,6-8,11,25H,4-5,9-10H2,1H3,(H,22,23,26). The molecular weight excluding hydrogens is 346 g/mol. The number of benzene rings is 1. The normalized spacial score (nSPS) is 14.0. The molecule has 1 aromatic carbocycles. The maximum absolute atomic E-state index is 12.6. The number of fused-ring (bicyclic) bond motifs is 1. The topological polar surface area (TPSA) is 104 Å². The number of hydrogen-bond acceptors (Lipinski definition) is 7. The molecule has 3 aromatic rings. The van der Waals surface area contributed by atoms with Gasteiger partial charge in [-0.15, -0.1) is 0 Å². The third kappa shape index (κ3) is 3.52. The van der Waals surface area contributed by atoms with E-state index in [9.17, 15) is 9.90 Å². The monoisotopic (exact) mass is 365 g/mol. The number of ether oxygens (including phenoxy) is 1. The fourth-order valence-electron chi connectivity index (χ4n) is 3.23. The average molecular weight is 365 g/mol. The lowest BCUT2D eigenvalue weighted by Crippen LogP contribution is -2.35. The van der Waals surface area contributed by atoms with Gasteiger partial charge in [0.05, 0.1) is 23.9 Å². The summed E-state index contributed by atoms with van der Waals surface area (Å²) >= 11 is 0. The number of nitrogens with one attached hydrogen (secondary N) is 1. The van der Waals surface area contributed by atoms with Gasteiger partial charge in [-0.3, -0.25) is 9.69 Å². The largest absolute Gasteiger partial charge is 0.508 e. The van der Waals surface area contributed by atoms with Gasteiger partial charge in [0.2, 0.25) is 0 Å². The summed E-state index contributed by atoms with van der Waals surface area (Å²) in [5.74, 6) is 1.39. The maximum Gasteiger partial charge on any atom is 0.255 e. The quantitative estimate of drug-likeness (QED) is 0.722. The molecule has 0 atom stereocenters. The van der Waals surface area contributed by atoms with Crippen LogP contribution in [0.4, 0.5) is 0 Å². The summed E-state index contributed by atoms with van der Waals surface area (Å²) < 4.78 is 5.22. The van der Waals surface area contributed by atoms with Gasteiger partial charge in [-0.2, -0.15) is 0 Å². The lowest BCUT2D eigenvalue weighted by atomic mass is 10.1. The Hall–Kier alpha value is -3.26. The first kappa shape index (κ1) is 17.2. The molecule has 8 nitrogen and oxygen atoms in total. The first-order valence-electron chi connectivity index (χ1n) is 8.59. The lowest BCUT2D eigenvalue weighted by molar-refractivity contribution is 0.238. The van der Waals surface area contributed by atoms with E-state index < -0.39 is 0 Å². The first-order chi connectivity index (χ1) is 13.1. The molecule has 2 aromatic heterocycles. The summed E-state index contributed by atoms with van der Waals surface area (Å²) in [5.41, 5.74) is 2.74. The van der Waals surface area contributed by atoms with Crippen molar-refractivity contribution in [2.75, 3.05) is 13.7 Å². The van der Waals surface area contributed by atoms with Crippen molar-refractivity contribution in [1.82, 2.24) is 24.8 Å². The van der Waals surface area contributed by atoms with Crippen LogP contribution in [0, 0.1) is 0 Å². The molecule has 4 rings (SSSR count). The number of H-pyrrole nitrogens is 1. The summed E-state index contributed by atoms with van der Waals surface area (Å²) in [6.45, 7) is 1.74. The highest BCUT2D eigenvalue weighted by atomic mass is 16.5. The number of rotatable bonds is 4. The first-order valence-corrected chi connectivity index (χ1v) is 8.59. The number of aromatic nitrogens is 4. The summed E-state index contributed by atoms with van der Waals surface area (Å²) in [4.78, 5) is 30.1. The molecule has 2 N–H and O–H groups in total. The zero-order valence-electron chi connectivity index (χ0n) is 14.8. The van der Waals surface area contributed by atoms with Crippen molar-refractivity contribution in [3.63, 3.8) is 0 Å². The molecule has 1 aliphatic heterocycles. The van der Waals surface area contributed by atoms with Crippen LogP contribution in [0.5, 0.6) is 11.5 Å². The van der Waals surface area contributed by atoms with Crippen LogP contribution in [0.25, 0.3) is 11.4 Å². The van der Waals surface area contributed by atoms with Gasteiger partial charge < -0.3 is 14.8 Å². The van der Waals surface area contributed by atoms with E-state index in [2.05, 4.69) is 24.8 Å². The molecule has 0 amide bonds. The van der Waals surface area contributed by atoms with Crippen molar-refractivity contribution in [2.24, 2.45) is 0 Å². The van der Waals surface area contributed by atoms with Crippen LogP contribution in [-0.4, -0.2) is 43.6 Å². The second-order valence-corrected chi connectivity index (χ2v) is 6.42. The van der Waals surface area contributed by atoms with Gasteiger partial charge in [-0.25, -0.2) is 15.0 Å². The van der Waals surface area contributed by atoms with Crippen LogP contribution in [0.15, 0.2) is 41.7 Å². The van der Waals surface area contributed by atoms with E-state index in [0.29, 0.717) is 42.2 Å². The van der Waals surface area contributed by atoms with Gasteiger partial charge in [0.15, 0.2) is 0 Å². The van der Waals surface area contributed by atoms with Crippen LogP contribution < -0.4 is 10.3 Å². The number of phenols is 1. The van der Waals surface area contributed by atoms with Crippen molar-refractivity contribution in [3.8, 4) is 22.9 Å². The van der Waals surface area contributed by atoms with E-state index in [0.717, 1.165) is 17.8 Å². The Labute approximate surface area is 155 Å². The van der Waals surface area contributed by atoms with E-state index >= 15 is 0 Å². The number of hydrogen-bond donors (Lipinski definition) is 2. The fraction of sp³-hybridized carbons (Fsp3) is 0.263. The molecule has 0 radical (unpaired) electrons. The molecule has 3 heterocycles. The van der Waals surface area contributed by atoms with Crippen LogP contribution in [0.2, 0.25) is 0 Å². The molecule has 0 fully saturated rings. The lowest BCUT2D eigenvalue weighted by Gasteiger charge is -2.28. The SMILES string of the molecule is COc1ccc(O)c(CN2CCc3nc(-c4cncnc4)[nH]c(=O)c3C2)c1. The van der Waals surface area contributed by atoms with Gasteiger partial charge >= 0.3 is 0 Å². The molecule has 0 saturated carbocycles. The number of aromatic amines is 1. The number of nitrogens with zero attached hydrogens (tertiary/aromatic N) is 4. The van der Waals surface area contributed by atoms with Gasteiger partial charge in [0, 0.05) is 44.0 Å². The van der Waals surface area contributed by atoms with E-state index in [-0.39, 0.29) is 11.3 Å². The summed E-state index contributed by atoms with van der Waals surface area (Å²) in [6.07, 6.45) is 5.34. The third-order valence-corrected chi connectivity index (χ3v) is 4.66. The maximum atomic E-state index is 12.6. The molecular formula is C19H19N5O3. The average Bonchev–Trinajstić information content (AvgIpc) is 2.70. The highest BCUT2D eigenvalue weighted by Crippen LogP contribution is 2.26. The molecule has 0 aliphatic carbocycles. The molecule has 0 unspecified atom stereocenters. The molecule has 27 heavy (non-hydrogen) atoms. The Bertz CT molecular complexity index is 1020. The second-order valence-electron chi connectivity index (χ2n) is 6.42. The minimum atomic E-state index is -0.154. The van der Waals surface area contributed by atoms with E-state index in [1.165, 1.54) is 6.33 Å². The summed E-state index contributed by atoms with van der Waals surface area (Å²) in [6, 6.07) is 5.15. The molecule has 0 bridgehead atoms. The minimum absolute atomic E-state index is 0.154. The number of methoxy groups -OCH3 is 1. The van der Waals surface area contributed by atoms with E-state index in [1.807, 2.05) is 6.07 Å². The Kier molecular flexibility index (Phi) is 4.55. The Morgan fingerprint density at radius 1 is 1.30 bits per heavy atom. The smallest absolute Gasteiger partial charge is 0.255 e. The Balaban J connectivity index is 1.58. The number of aromatic hydroxyl groups is 1. The van der Waals surface area contributed by atoms with Crippen LogP contribution in [0.1, 0.15) is 16.8 Å². The van der Waals surface area contributed by atoms with E-state index in [1.54, 1.807) is 31.6 Å². The highest BCUT2D eigenvalue weighted by Gasteiger charge is 2.22. The van der Waals surface area contributed by atoms with Crippen molar-refractivity contribution in [3.05, 3.63) is 64.1 Å². The van der Waals surface area contributed by atoms with Crippen molar-refractivity contribution in [2.45, 2.75) is 19.5 Å². The van der Waals surface area contributed by atoms with Gasteiger partial charge in [-0.05, 0) is 18.2 Å². The zero-order valence-corrected chi connectivity index (χ0v) is 14.8.